The van der Waals surface area contributed by atoms with E-state index in [0.717, 1.165) is 0 Å². The van der Waals surface area contributed by atoms with E-state index in [-0.39, 0.29) is 0 Å². The van der Waals surface area contributed by atoms with E-state index in [9.17, 15) is 0 Å². The molecule has 1 aliphatic rings. The van der Waals surface area contributed by atoms with Crippen molar-refractivity contribution in [3.8, 4) is 5.92 Å². The van der Waals surface area contributed by atoms with Crippen molar-refractivity contribution in [1.29, 1.82) is 0 Å². The molecule has 15 heavy (non-hydrogen) atoms. The van der Waals surface area contributed by atoms with Crippen LogP contribution in [-0.4, -0.2) is 4.98 Å². The molecule has 0 saturated carbocycles. The molecule has 0 unspecified atom stereocenters. The minimum absolute atomic E-state index is 0.608. The summed E-state index contributed by atoms with van der Waals surface area (Å²) in [5.41, 5.74) is 2.04. The van der Waals surface area contributed by atoms with E-state index in [1.54, 1.807) is 12.4 Å². The summed E-state index contributed by atoms with van der Waals surface area (Å²) < 4.78 is 0. The first-order valence-corrected chi connectivity index (χ1v) is 4.54. The SMILES string of the molecule is [C+]#CC(=C1C=CC=C[N-]1)c1ccccn1. The second-order valence-corrected chi connectivity index (χ2v) is 2.93. The van der Waals surface area contributed by atoms with Gasteiger partial charge in [0.1, 0.15) is 0 Å². The van der Waals surface area contributed by atoms with Crippen LogP contribution in [0.25, 0.3) is 10.9 Å². The second-order valence-electron chi connectivity index (χ2n) is 2.93. The zero-order valence-corrected chi connectivity index (χ0v) is 8.01. The molecule has 0 atom stereocenters. The van der Waals surface area contributed by atoms with Crippen LogP contribution in [-0.2, 0) is 0 Å². The van der Waals surface area contributed by atoms with Gasteiger partial charge in [0, 0.05) is 0 Å². The Labute approximate surface area is 89.0 Å². The number of allylic oxidation sites excluding steroid dienone is 4. The molecule has 0 radical (unpaired) electrons. The zero-order valence-electron chi connectivity index (χ0n) is 8.01. The predicted octanol–water partition coefficient (Wildman–Crippen LogP) is 2.84. The molecule has 0 spiro atoms. The average Bonchev–Trinajstić information content (AvgIpc) is 2.33. The number of hydrogen-bond acceptors (Lipinski definition) is 1. The van der Waals surface area contributed by atoms with Crippen molar-refractivity contribution >= 4 is 5.57 Å². The quantitative estimate of drug-likeness (QED) is 0.496. The van der Waals surface area contributed by atoms with Crippen LogP contribution in [0.5, 0.6) is 0 Å². The molecular formula is C13H8N2. The summed E-state index contributed by atoms with van der Waals surface area (Å²) in [4.78, 5) is 4.17. The molecule has 0 bridgehead atoms. The van der Waals surface area contributed by atoms with Gasteiger partial charge in [-0.3, -0.25) is 0 Å². The van der Waals surface area contributed by atoms with E-state index in [1.807, 2.05) is 36.4 Å². The van der Waals surface area contributed by atoms with Gasteiger partial charge in [0.25, 0.3) is 0 Å². The molecule has 0 aliphatic carbocycles. The van der Waals surface area contributed by atoms with Gasteiger partial charge in [0.15, 0.2) is 0 Å². The fourth-order valence-electron chi connectivity index (χ4n) is 1.28. The molecule has 0 fully saturated rings. The van der Waals surface area contributed by atoms with Crippen molar-refractivity contribution in [2.45, 2.75) is 0 Å². The van der Waals surface area contributed by atoms with Gasteiger partial charge in [0.2, 0.25) is 0 Å². The molecule has 2 nitrogen and oxygen atoms in total. The Kier molecular flexibility index (Phi) is 2.82. The van der Waals surface area contributed by atoms with Gasteiger partial charge < -0.3 is 0 Å². The topological polar surface area (TPSA) is 27.0 Å². The molecule has 1 aromatic heterocycles. The van der Waals surface area contributed by atoms with E-state index in [4.69, 9.17) is 6.42 Å². The van der Waals surface area contributed by atoms with Crippen molar-refractivity contribution in [3.63, 3.8) is 0 Å². The zero-order chi connectivity index (χ0) is 10.5. The summed E-state index contributed by atoms with van der Waals surface area (Å²) in [6.45, 7) is 0. The number of hydrogen-bond donors (Lipinski definition) is 0. The number of aromatic nitrogens is 1. The number of nitrogens with zero attached hydrogens (tertiary/aromatic N) is 2. The van der Waals surface area contributed by atoms with Gasteiger partial charge in [-0.05, 0) is 0 Å². The van der Waals surface area contributed by atoms with Crippen molar-refractivity contribution in [2.75, 3.05) is 0 Å². The molecule has 2 heteroatoms. The van der Waals surface area contributed by atoms with Crippen LogP contribution in [0.3, 0.4) is 0 Å². The van der Waals surface area contributed by atoms with Crippen molar-refractivity contribution < 1.29 is 0 Å². The van der Waals surface area contributed by atoms with Gasteiger partial charge in [-0.1, -0.05) is 0 Å². The van der Waals surface area contributed by atoms with Crippen LogP contribution in [0.1, 0.15) is 5.69 Å². The molecule has 0 N–H and O–H groups in total. The van der Waals surface area contributed by atoms with Gasteiger partial charge in [-0.25, -0.2) is 0 Å². The third-order valence-corrected chi connectivity index (χ3v) is 1.97. The molecule has 2 heterocycles. The molecule has 0 aromatic carbocycles. The third-order valence-electron chi connectivity index (χ3n) is 1.97. The fourth-order valence-corrected chi connectivity index (χ4v) is 1.28. The Morgan fingerprint density at radius 1 is 1.33 bits per heavy atom. The van der Waals surface area contributed by atoms with Gasteiger partial charge >= 0.3 is 88.4 Å². The average molecular weight is 192 g/mol. The van der Waals surface area contributed by atoms with Crippen molar-refractivity contribution in [1.82, 2.24) is 4.98 Å². The monoisotopic (exact) mass is 192 g/mol. The van der Waals surface area contributed by atoms with Crippen LogP contribution in [0, 0.1) is 12.3 Å². The van der Waals surface area contributed by atoms with E-state index in [1.165, 1.54) is 0 Å². The van der Waals surface area contributed by atoms with Crippen LogP contribution < -0.4 is 0 Å². The standard InChI is InChI=1S/C13H8N2/c1-2-11(12-7-3-5-9-14-12)13-8-4-6-10-15-13/h3-10H. The predicted molar refractivity (Wildman–Crippen MR) is 59.9 cm³/mol. The molecule has 0 saturated heterocycles. The van der Waals surface area contributed by atoms with E-state index >= 15 is 0 Å². The Hall–Kier alpha value is -2.05. The van der Waals surface area contributed by atoms with Gasteiger partial charge in [-0.2, -0.15) is 0 Å². The molecule has 1 aliphatic heterocycles. The van der Waals surface area contributed by atoms with E-state index in [2.05, 4.69) is 16.2 Å². The van der Waals surface area contributed by atoms with Crippen LogP contribution in [0.4, 0.5) is 0 Å². The first-order chi connectivity index (χ1) is 7.42. The minimum atomic E-state index is 0.608. The molecule has 0 amide bonds. The first kappa shape index (κ1) is 9.50. The number of pyridine rings is 1. The van der Waals surface area contributed by atoms with Crippen molar-refractivity contribution in [2.24, 2.45) is 0 Å². The van der Waals surface area contributed by atoms with Crippen LogP contribution in [0.15, 0.2) is 54.5 Å². The molecule has 1 aromatic rings. The molecule has 70 valence electrons. The molecule has 2 rings (SSSR count). The van der Waals surface area contributed by atoms with Crippen molar-refractivity contribution in [3.05, 3.63) is 72.0 Å². The van der Waals surface area contributed by atoms with Crippen LogP contribution in [0.2, 0.25) is 0 Å². The normalized spacial score (nSPS) is 16.9. The molecular weight excluding hydrogens is 184 g/mol. The van der Waals surface area contributed by atoms with E-state index < -0.39 is 0 Å². The Balaban J connectivity index is 2.46. The summed E-state index contributed by atoms with van der Waals surface area (Å²) in [5, 5.41) is 4.17. The summed E-state index contributed by atoms with van der Waals surface area (Å²) in [7, 11) is 0. The Morgan fingerprint density at radius 3 is 2.87 bits per heavy atom. The maximum atomic E-state index is 7.27. The van der Waals surface area contributed by atoms with Gasteiger partial charge in [-0.15, -0.1) is 0 Å². The van der Waals surface area contributed by atoms with Gasteiger partial charge in [0.05, 0.1) is 0 Å². The summed E-state index contributed by atoms with van der Waals surface area (Å²) in [6, 6.07) is 5.55. The first-order valence-electron chi connectivity index (χ1n) is 4.54. The fraction of sp³-hybridized carbons (Fsp3) is 0. The number of rotatable bonds is 1. The third kappa shape index (κ3) is 2.06. The summed E-state index contributed by atoms with van der Waals surface area (Å²) in [6.07, 6.45) is 16.2. The Bertz CT molecular complexity index is 473. The maximum absolute atomic E-state index is 7.27. The summed E-state index contributed by atoms with van der Waals surface area (Å²) in [5.74, 6) is 2.38. The Morgan fingerprint density at radius 2 is 2.27 bits per heavy atom. The summed E-state index contributed by atoms with van der Waals surface area (Å²) >= 11 is 0. The van der Waals surface area contributed by atoms with Crippen LogP contribution >= 0.6 is 0 Å². The van der Waals surface area contributed by atoms with E-state index in [0.29, 0.717) is 17.0 Å². The second kappa shape index (κ2) is 4.45.